The molecule has 0 fully saturated rings. The fraction of sp³-hybridized carbons (Fsp3) is 0.267. The number of aryl methyl sites for hydroxylation is 1. The van der Waals surface area contributed by atoms with E-state index in [1.165, 1.54) is 17.4 Å². The van der Waals surface area contributed by atoms with Gasteiger partial charge in [0.15, 0.2) is 5.76 Å². The third-order valence-corrected chi connectivity index (χ3v) is 3.10. The molecule has 1 amide bonds. The van der Waals surface area contributed by atoms with Crippen molar-refractivity contribution < 1.29 is 9.21 Å². The van der Waals surface area contributed by atoms with Crippen molar-refractivity contribution in [2.75, 3.05) is 7.05 Å². The lowest BCUT2D eigenvalue weighted by molar-refractivity contribution is 0.0923. The first-order valence-electron chi connectivity index (χ1n) is 6.41. The zero-order chi connectivity index (χ0) is 14.5. The molecule has 1 aromatic carbocycles. The number of carbonyl (C=O) groups is 1. The maximum absolute atomic E-state index is 11.5. The normalized spacial score (nSPS) is 10.8. The average Bonchev–Trinajstić information content (AvgIpc) is 2.88. The van der Waals surface area contributed by atoms with E-state index in [0.717, 1.165) is 12.1 Å². The van der Waals surface area contributed by atoms with Gasteiger partial charge in [0.25, 0.3) is 0 Å². The van der Waals surface area contributed by atoms with Crippen molar-refractivity contribution in [3.63, 3.8) is 0 Å². The van der Waals surface area contributed by atoms with Gasteiger partial charge in [-0.15, -0.1) is 0 Å². The molecule has 1 aromatic heterocycles. The Morgan fingerprint density at radius 2 is 1.95 bits per heavy atom. The Bertz CT molecular complexity index is 575. The van der Waals surface area contributed by atoms with Crippen LogP contribution in [-0.2, 0) is 13.1 Å². The van der Waals surface area contributed by atoms with Gasteiger partial charge in [-0.25, -0.2) is 5.84 Å². The third-order valence-electron chi connectivity index (χ3n) is 3.10. The molecule has 0 saturated carbocycles. The van der Waals surface area contributed by atoms with E-state index in [9.17, 15) is 4.79 Å². The van der Waals surface area contributed by atoms with Gasteiger partial charge in [0.05, 0.1) is 6.26 Å². The zero-order valence-electron chi connectivity index (χ0n) is 11.7. The molecular weight excluding hydrogens is 254 g/mol. The molecular formula is C15H19N3O2. The topological polar surface area (TPSA) is 71.5 Å². The fourth-order valence-electron chi connectivity index (χ4n) is 2.08. The largest absolute Gasteiger partial charge is 0.459 e. The number of nitrogens with one attached hydrogen (secondary N) is 1. The highest BCUT2D eigenvalue weighted by atomic mass is 16.3. The van der Waals surface area contributed by atoms with Crippen molar-refractivity contribution in [1.82, 2.24) is 10.3 Å². The molecule has 0 aliphatic carbocycles. The van der Waals surface area contributed by atoms with Gasteiger partial charge < -0.3 is 4.42 Å². The summed E-state index contributed by atoms with van der Waals surface area (Å²) in [6.07, 6.45) is 1.50. The molecule has 0 bridgehead atoms. The Hall–Kier alpha value is -2.11. The summed E-state index contributed by atoms with van der Waals surface area (Å²) in [4.78, 5) is 13.6. The van der Waals surface area contributed by atoms with Crippen LogP contribution < -0.4 is 11.3 Å². The van der Waals surface area contributed by atoms with Gasteiger partial charge in [-0.3, -0.25) is 15.1 Å². The van der Waals surface area contributed by atoms with E-state index >= 15 is 0 Å². The highest BCUT2D eigenvalue weighted by Gasteiger charge is 2.15. The molecule has 5 nitrogen and oxygen atoms in total. The maximum Gasteiger partial charge on any atom is 0.301 e. The van der Waals surface area contributed by atoms with Crippen molar-refractivity contribution in [3.8, 4) is 0 Å². The average molecular weight is 273 g/mol. The number of nitrogens with two attached hydrogens (primary N) is 1. The Morgan fingerprint density at radius 3 is 2.60 bits per heavy atom. The van der Waals surface area contributed by atoms with Crippen LogP contribution in [0.2, 0.25) is 0 Å². The summed E-state index contributed by atoms with van der Waals surface area (Å²) < 4.78 is 5.17. The summed E-state index contributed by atoms with van der Waals surface area (Å²) in [6.45, 7) is 3.49. The first kappa shape index (κ1) is 14.3. The van der Waals surface area contributed by atoms with E-state index in [1.54, 1.807) is 6.07 Å². The SMILES string of the molecule is Cc1ccc(CN(C)Cc2ccoc2C(=O)NN)cc1. The van der Waals surface area contributed by atoms with Crippen LogP contribution in [-0.4, -0.2) is 17.9 Å². The van der Waals surface area contributed by atoms with Crippen molar-refractivity contribution in [2.24, 2.45) is 5.84 Å². The number of rotatable bonds is 5. The minimum atomic E-state index is -0.409. The third kappa shape index (κ3) is 3.46. The Morgan fingerprint density at radius 1 is 1.25 bits per heavy atom. The van der Waals surface area contributed by atoms with Crippen molar-refractivity contribution in [2.45, 2.75) is 20.0 Å². The fourth-order valence-corrected chi connectivity index (χ4v) is 2.08. The second-order valence-corrected chi connectivity index (χ2v) is 4.91. The van der Waals surface area contributed by atoms with Gasteiger partial charge in [-0.05, 0) is 25.6 Å². The lowest BCUT2D eigenvalue weighted by atomic mass is 10.1. The lowest BCUT2D eigenvalue weighted by Crippen LogP contribution is -2.31. The molecule has 20 heavy (non-hydrogen) atoms. The first-order valence-corrected chi connectivity index (χ1v) is 6.41. The number of furan rings is 1. The van der Waals surface area contributed by atoms with E-state index in [1.807, 2.05) is 7.05 Å². The molecule has 2 aromatic rings. The van der Waals surface area contributed by atoms with Crippen molar-refractivity contribution in [1.29, 1.82) is 0 Å². The number of hydrogen-bond acceptors (Lipinski definition) is 4. The monoisotopic (exact) mass is 273 g/mol. The Labute approximate surface area is 118 Å². The maximum atomic E-state index is 11.5. The van der Waals surface area contributed by atoms with Crippen molar-refractivity contribution >= 4 is 5.91 Å². The van der Waals surface area contributed by atoms with E-state index in [-0.39, 0.29) is 5.76 Å². The number of hydrazine groups is 1. The molecule has 106 valence electrons. The van der Waals surface area contributed by atoms with E-state index < -0.39 is 5.91 Å². The molecule has 0 saturated heterocycles. The molecule has 0 aliphatic heterocycles. The molecule has 0 spiro atoms. The van der Waals surface area contributed by atoms with Crippen LogP contribution in [0.1, 0.15) is 27.2 Å². The Balaban J connectivity index is 2.01. The van der Waals surface area contributed by atoms with Crippen LogP contribution in [0.25, 0.3) is 0 Å². The molecule has 2 rings (SSSR count). The minimum Gasteiger partial charge on any atom is -0.459 e. The highest BCUT2D eigenvalue weighted by Crippen LogP contribution is 2.14. The molecule has 0 unspecified atom stereocenters. The van der Waals surface area contributed by atoms with Gasteiger partial charge in [-0.2, -0.15) is 0 Å². The zero-order valence-corrected chi connectivity index (χ0v) is 11.7. The van der Waals surface area contributed by atoms with Crippen LogP contribution in [0.3, 0.4) is 0 Å². The molecule has 5 heteroatoms. The van der Waals surface area contributed by atoms with Crippen molar-refractivity contribution in [3.05, 3.63) is 59.0 Å². The second kappa shape index (κ2) is 6.36. The molecule has 0 atom stereocenters. The van der Waals surface area contributed by atoms with Gasteiger partial charge in [0, 0.05) is 18.7 Å². The van der Waals surface area contributed by atoms with Crippen LogP contribution in [0.5, 0.6) is 0 Å². The minimum absolute atomic E-state index is 0.267. The smallest absolute Gasteiger partial charge is 0.301 e. The number of amides is 1. The summed E-state index contributed by atoms with van der Waals surface area (Å²) in [7, 11) is 2.00. The molecule has 3 N–H and O–H groups in total. The van der Waals surface area contributed by atoms with Gasteiger partial charge >= 0.3 is 5.91 Å². The van der Waals surface area contributed by atoms with E-state index in [4.69, 9.17) is 10.3 Å². The lowest BCUT2D eigenvalue weighted by Gasteiger charge is -2.16. The Kier molecular flexibility index (Phi) is 4.55. The predicted octanol–water partition coefficient (Wildman–Crippen LogP) is 1.82. The molecule has 0 radical (unpaired) electrons. The molecule has 1 heterocycles. The predicted molar refractivity (Wildman–Crippen MR) is 76.7 cm³/mol. The second-order valence-electron chi connectivity index (χ2n) is 4.91. The van der Waals surface area contributed by atoms with Gasteiger partial charge in [-0.1, -0.05) is 29.8 Å². The van der Waals surface area contributed by atoms with E-state index in [2.05, 4.69) is 41.5 Å². The van der Waals surface area contributed by atoms with Crippen LogP contribution in [0.15, 0.2) is 41.0 Å². The summed E-state index contributed by atoms with van der Waals surface area (Å²) in [5, 5.41) is 0. The van der Waals surface area contributed by atoms with Gasteiger partial charge in [0.1, 0.15) is 0 Å². The van der Waals surface area contributed by atoms with E-state index in [0.29, 0.717) is 6.54 Å². The number of carbonyl (C=O) groups excluding carboxylic acids is 1. The highest BCUT2D eigenvalue weighted by molar-refractivity contribution is 5.92. The number of benzene rings is 1. The van der Waals surface area contributed by atoms with Crippen LogP contribution in [0, 0.1) is 6.92 Å². The number of nitrogens with zero attached hydrogens (tertiary/aromatic N) is 1. The first-order chi connectivity index (χ1) is 9.60. The number of hydrogen-bond donors (Lipinski definition) is 2. The summed E-state index contributed by atoms with van der Waals surface area (Å²) >= 11 is 0. The summed E-state index contributed by atoms with van der Waals surface area (Å²) in [6, 6.07) is 10.2. The van der Waals surface area contributed by atoms with Crippen LogP contribution >= 0.6 is 0 Å². The summed E-state index contributed by atoms with van der Waals surface area (Å²) in [5.74, 6) is 4.99. The summed E-state index contributed by atoms with van der Waals surface area (Å²) in [5.41, 5.74) is 5.38. The molecule has 0 aliphatic rings. The quantitative estimate of drug-likeness (QED) is 0.495. The van der Waals surface area contributed by atoms with Gasteiger partial charge in [0.2, 0.25) is 0 Å². The standard InChI is InChI=1S/C15H19N3O2/c1-11-3-5-12(6-4-11)9-18(2)10-13-7-8-20-14(13)15(19)17-16/h3-8H,9-10,16H2,1-2H3,(H,17,19). The van der Waals surface area contributed by atoms with Crippen LogP contribution in [0.4, 0.5) is 0 Å². The number of nitrogen functional groups attached to an aromatic ring is 1.